The molecule has 0 fully saturated rings. The van der Waals surface area contributed by atoms with Crippen molar-refractivity contribution in [2.45, 2.75) is 4.34 Å². The molecule has 8 nitrogen and oxygen atoms in total. The number of fused-ring (bicyclic) bond motifs is 1. The summed E-state index contributed by atoms with van der Waals surface area (Å²) in [6, 6.07) is 9.78. The van der Waals surface area contributed by atoms with Crippen LogP contribution in [-0.4, -0.2) is 32.2 Å². The van der Waals surface area contributed by atoms with E-state index in [2.05, 4.69) is 0 Å². The molecule has 1 aliphatic rings. The maximum absolute atomic E-state index is 13.2. The quantitative estimate of drug-likeness (QED) is 0.222. The van der Waals surface area contributed by atoms with E-state index in [4.69, 9.17) is 14.2 Å². The number of carbonyl (C=O) groups is 1. The number of methoxy groups -OCH3 is 3. The molecular formula is C21H17ClN2O6S2. The Labute approximate surface area is 198 Å². The molecule has 0 radical (unpaired) electrons. The number of nitro benzene ring substituents is 1. The summed E-state index contributed by atoms with van der Waals surface area (Å²) in [7, 11) is 4.59. The maximum Gasteiger partial charge on any atom is 0.433 e. The van der Waals surface area contributed by atoms with E-state index in [1.165, 1.54) is 56.6 Å². The highest BCUT2D eigenvalue weighted by Gasteiger charge is 2.41. The number of hydrogen-bond acceptors (Lipinski definition) is 8. The van der Waals surface area contributed by atoms with E-state index in [0.717, 1.165) is 9.90 Å². The number of benzene rings is 2. The average Bonchev–Trinajstić information content (AvgIpc) is 3.33. The van der Waals surface area contributed by atoms with E-state index in [9.17, 15) is 14.9 Å². The number of allylic oxidation sites excluding steroid dienone is 1. The summed E-state index contributed by atoms with van der Waals surface area (Å²) in [4.78, 5) is 24.4. The zero-order chi connectivity index (χ0) is 22.1. The van der Waals surface area contributed by atoms with Crippen molar-refractivity contribution in [1.82, 2.24) is 0 Å². The molecular weight excluding hydrogens is 476 g/mol. The highest BCUT2D eigenvalue weighted by Crippen LogP contribution is 2.41. The van der Waals surface area contributed by atoms with E-state index >= 15 is 0 Å². The van der Waals surface area contributed by atoms with Gasteiger partial charge >= 0.3 is 10.2 Å². The fourth-order valence-corrected chi connectivity index (χ4v) is 5.40. The molecule has 0 atom stereocenters. The Bertz CT molecular complexity index is 1220. The number of aromatic nitrogens is 1. The van der Waals surface area contributed by atoms with Crippen LogP contribution in [0.25, 0.3) is 17.3 Å². The van der Waals surface area contributed by atoms with E-state index in [1.807, 2.05) is 5.38 Å². The largest absolute Gasteiger partial charge is 1.00 e. The van der Waals surface area contributed by atoms with Crippen molar-refractivity contribution < 1.29 is 40.9 Å². The average molecular weight is 493 g/mol. The number of carbonyl (C=O) groups excluding carboxylic acids is 1. The van der Waals surface area contributed by atoms with Crippen molar-refractivity contribution in [2.24, 2.45) is 0 Å². The van der Waals surface area contributed by atoms with Crippen molar-refractivity contribution in [2.75, 3.05) is 21.3 Å². The van der Waals surface area contributed by atoms with Gasteiger partial charge in [-0.1, -0.05) is 17.4 Å². The van der Waals surface area contributed by atoms with Gasteiger partial charge in [-0.2, -0.15) is 0 Å². The molecule has 0 N–H and O–H groups in total. The minimum atomic E-state index is -0.451. The molecule has 166 valence electrons. The minimum Gasteiger partial charge on any atom is -1.00 e. The van der Waals surface area contributed by atoms with Crippen LogP contribution in [0.2, 0.25) is 0 Å². The van der Waals surface area contributed by atoms with Crippen LogP contribution >= 0.6 is 23.1 Å². The van der Waals surface area contributed by atoms with Gasteiger partial charge in [0, 0.05) is 23.9 Å². The third-order valence-corrected chi connectivity index (χ3v) is 6.78. The normalized spacial score (nSPS) is 13.5. The van der Waals surface area contributed by atoms with Gasteiger partial charge in [0.2, 0.25) is 11.4 Å². The number of thioether (sulfide) groups is 1. The summed E-state index contributed by atoms with van der Waals surface area (Å²) in [5, 5.41) is 12.9. The number of hydrogen-bond donors (Lipinski definition) is 0. The van der Waals surface area contributed by atoms with Crippen LogP contribution in [0.4, 0.5) is 5.69 Å². The monoisotopic (exact) mass is 492 g/mol. The molecule has 3 aromatic rings. The molecule has 2 aromatic carbocycles. The molecule has 0 saturated carbocycles. The molecule has 1 aliphatic heterocycles. The Hall–Kier alpha value is -3.08. The van der Waals surface area contributed by atoms with E-state index < -0.39 is 4.92 Å². The van der Waals surface area contributed by atoms with Crippen molar-refractivity contribution in [1.29, 1.82) is 0 Å². The number of non-ortho nitro benzene ring substituents is 1. The fourth-order valence-electron chi connectivity index (χ4n) is 3.22. The van der Waals surface area contributed by atoms with Gasteiger partial charge < -0.3 is 26.6 Å². The summed E-state index contributed by atoms with van der Waals surface area (Å²) in [6.07, 6.45) is 1.76. The van der Waals surface area contributed by atoms with Crippen LogP contribution in [0.5, 0.6) is 17.2 Å². The highest BCUT2D eigenvalue weighted by atomic mass is 35.5. The minimum absolute atomic E-state index is 0. The van der Waals surface area contributed by atoms with Gasteiger partial charge in [-0.15, -0.1) is 4.57 Å². The Morgan fingerprint density at radius 1 is 1.06 bits per heavy atom. The fraction of sp³-hybridized carbons (Fsp3) is 0.143. The van der Waals surface area contributed by atoms with Crippen LogP contribution < -0.4 is 31.2 Å². The lowest BCUT2D eigenvalue weighted by atomic mass is 10.1. The molecule has 0 unspecified atom stereocenters. The van der Waals surface area contributed by atoms with Gasteiger partial charge in [0.25, 0.3) is 5.69 Å². The zero-order valence-electron chi connectivity index (χ0n) is 17.2. The Balaban J connectivity index is 0.00000289. The van der Waals surface area contributed by atoms with Crippen LogP contribution in [0.15, 0.2) is 51.0 Å². The van der Waals surface area contributed by atoms with Gasteiger partial charge in [0.1, 0.15) is 4.91 Å². The van der Waals surface area contributed by atoms with Gasteiger partial charge in [0.05, 0.1) is 37.2 Å². The Morgan fingerprint density at radius 2 is 1.75 bits per heavy atom. The number of thiazole rings is 1. The van der Waals surface area contributed by atoms with Crippen molar-refractivity contribution in [3.8, 4) is 28.5 Å². The number of halogens is 1. The van der Waals surface area contributed by atoms with Crippen molar-refractivity contribution >= 4 is 40.8 Å². The first-order chi connectivity index (χ1) is 15.0. The number of ether oxygens (including phenoxy) is 3. The predicted molar refractivity (Wildman–Crippen MR) is 117 cm³/mol. The van der Waals surface area contributed by atoms with Gasteiger partial charge in [0.15, 0.2) is 11.5 Å². The molecule has 0 bridgehead atoms. The lowest BCUT2D eigenvalue weighted by Crippen LogP contribution is -3.00. The molecule has 32 heavy (non-hydrogen) atoms. The van der Waals surface area contributed by atoms with Gasteiger partial charge in [-0.05, 0) is 29.8 Å². The summed E-state index contributed by atoms with van der Waals surface area (Å²) < 4.78 is 18.5. The lowest BCUT2D eigenvalue weighted by Gasteiger charge is -2.12. The molecule has 0 amide bonds. The molecule has 2 heterocycles. The first kappa shape index (κ1) is 23.6. The van der Waals surface area contributed by atoms with Crippen LogP contribution in [0.1, 0.15) is 10.4 Å². The van der Waals surface area contributed by atoms with Crippen LogP contribution in [-0.2, 0) is 0 Å². The topological polar surface area (TPSA) is 91.8 Å². The number of nitro groups is 1. The molecule has 1 aromatic heterocycles. The van der Waals surface area contributed by atoms with Gasteiger partial charge in [-0.3, -0.25) is 10.1 Å². The molecule has 0 saturated heterocycles. The summed E-state index contributed by atoms with van der Waals surface area (Å²) in [5.41, 5.74) is 1.93. The van der Waals surface area contributed by atoms with Crippen molar-refractivity contribution in [3.05, 3.63) is 62.4 Å². The van der Waals surface area contributed by atoms with Crippen LogP contribution in [0, 0.1) is 10.1 Å². The van der Waals surface area contributed by atoms with E-state index in [1.54, 1.807) is 34.9 Å². The SMILES string of the molecule is COc1cc(/C=C2\Sc3scc(-c4cccc([N+](=O)[O-])c4)[n+]3C2=O)cc(OC)c1OC.[Cl-]. The number of nitrogens with zero attached hydrogens (tertiary/aromatic N) is 2. The summed E-state index contributed by atoms with van der Waals surface area (Å²) in [5.74, 6) is 1.25. The second-order valence-electron chi connectivity index (χ2n) is 6.40. The molecule has 0 aliphatic carbocycles. The first-order valence-electron chi connectivity index (χ1n) is 8.99. The predicted octanol–water partition coefficient (Wildman–Crippen LogP) is 1.43. The smallest absolute Gasteiger partial charge is 0.433 e. The van der Waals surface area contributed by atoms with Crippen molar-refractivity contribution in [3.63, 3.8) is 0 Å². The van der Waals surface area contributed by atoms with E-state index in [-0.39, 0.29) is 24.0 Å². The molecule has 0 spiro atoms. The van der Waals surface area contributed by atoms with Gasteiger partial charge in [-0.25, -0.2) is 4.79 Å². The first-order valence-corrected chi connectivity index (χ1v) is 10.7. The third-order valence-electron chi connectivity index (χ3n) is 4.64. The third kappa shape index (κ3) is 4.16. The Kier molecular flexibility index (Phi) is 7.07. The molecule has 4 rings (SSSR count). The highest BCUT2D eigenvalue weighted by molar-refractivity contribution is 8.05. The summed E-state index contributed by atoms with van der Waals surface area (Å²) >= 11 is 2.76. The maximum atomic E-state index is 13.2. The van der Waals surface area contributed by atoms with E-state index in [0.29, 0.717) is 33.4 Å². The standard InChI is InChI=1S/C21H17N2O6S2.ClH/c1-27-16-7-12(8-17(28-2)19(16)29-3)9-18-20(24)22-15(11-30-21(22)31-18)13-5-4-6-14(10-13)23(25)26;/h4-11H,1-3H3;1H/q+1;/p-1/b18-9-;. The number of rotatable bonds is 6. The Morgan fingerprint density at radius 3 is 2.34 bits per heavy atom. The molecule has 11 heteroatoms. The second-order valence-corrected chi connectivity index (χ2v) is 8.55. The summed E-state index contributed by atoms with van der Waals surface area (Å²) in [6.45, 7) is 0. The zero-order valence-corrected chi connectivity index (χ0v) is 19.5. The second kappa shape index (κ2) is 9.60. The van der Waals surface area contributed by atoms with Crippen LogP contribution in [0.3, 0.4) is 0 Å². The lowest BCUT2D eigenvalue weighted by molar-refractivity contribution is -0.588.